The number of carboxylic acid groups (broad SMARTS) is 1. The molecule has 162 valence electrons. The minimum absolute atomic E-state index is 0.0607. The Kier molecular flexibility index (Phi) is 5.94. The van der Waals surface area contributed by atoms with Gasteiger partial charge in [-0.25, -0.2) is 9.18 Å². The van der Waals surface area contributed by atoms with Crippen molar-refractivity contribution in [3.8, 4) is 0 Å². The molecule has 0 saturated carbocycles. The predicted molar refractivity (Wildman–Crippen MR) is 108 cm³/mol. The van der Waals surface area contributed by atoms with Crippen molar-refractivity contribution >= 4 is 23.6 Å². The number of carbonyl (C=O) groups is 2. The lowest BCUT2D eigenvalue weighted by Gasteiger charge is -2.46. The molecule has 3 fully saturated rings. The van der Waals surface area contributed by atoms with Gasteiger partial charge in [0, 0.05) is 41.6 Å². The molecule has 3 saturated heterocycles. The van der Waals surface area contributed by atoms with Crippen LogP contribution in [0.3, 0.4) is 0 Å². The fourth-order valence-electron chi connectivity index (χ4n) is 5.33. The number of fused-ring (bicyclic) bond motifs is 1. The third-order valence-corrected chi connectivity index (χ3v) is 8.41. The Bertz CT molecular complexity index is 718. The van der Waals surface area contributed by atoms with E-state index in [0.717, 1.165) is 43.9 Å². The Balaban J connectivity index is 1.42. The van der Waals surface area contributed by atoms with E-state index >= 15 is 0 Å². The Labute approximate surface area is 174 Å². The number of aliphatic hydroxyl groups excluding tert-OH is 1. The molecule has 4 aliphatic heterocycles. The van der Waals surface area contributed by atoms with Crippen molar-refractivity contribution in [1.82, 2.24) is 15.1 Å². The van der Waals surface area contributed by atoms with Crippen molar-refractivity contribution in [2.24, 2.45) is 17.8 Å². The maximum atomic E-state index is 14.1. The highest BCUT2D eigenvalue weighted by molar-refractivity contribution is 8.03. The number of carboxylic acids is 1. The zero-order valence-electron chi connectivity index (χ0n) is 16.9. The number of thioether (sulfide) groups is 1. The molecule has 2 unspecified atom stereocenters. The maximum Gasteiger partial charge on any atom is 0.353 e. The molecule has 1 amide bonds. The number of aliphatic carboxylic acids is 1. The summed E-state index contributed by atoms with van der Waals surface area (Å²) in [4.78, 5) is 28.8. The highest BCUT2D eigenvalue weighted by atomic mass is 32.2. The van der Waals surface area contributed by atoms with Gasteiger partial charge in [-0.2, -0.15) is 0 Å². The molecule has 0 aliphatic carbocycles. The molecule has 7 nitrogen and oxygen atoms in total. The van der Waals surface area contributed by atoms with Gasteiger partial charge in [-0.15, -0.1) is 11.8 Å². The van der Waals surface area contributed by atoms with Gasteiger partial charge in [0.2, 0.25) is 5.91 Å². The number of piperidine rings is 1. The molecule has 4 rings (SSSR count). The Morgan fingerprint density at radius 2 is 2.17 bits per heavy atom. The van der Waals surface area contributed by atoms with E-state index in [0.29, 0.717) is 6.54 Å². The number of nitrogens with one attached hydrogen (secondary N) is 1. The van der Waals surface area contributed by atoms with Crippen LogP contribution in [0.2, 0.25) is 0 Å². The summed E-state index contributed by atoms with van der Waals surface area (Å²) in [6.45, 7) is 7.28. The van der Waals surface area contributed by atoms with Gasteiger partial charge >= 0.3 is 5.97 Å². The van der Waals surface area contributed by atoms with Gasteiger partial charge in [-0.1, -0.05) is 6.92 Å². The summed E-state index contributed by atoms with van der Waals surface area (Å²) in [6, 6.07) is -0.268. The lowest BCUT2D eigenvalue weighted by molar-refractivity contribution is -0.163. The summed E-state index contributed by atoms with van der Waals surface area (Å²) in [5.74, 6) is -1.94. The molecule has 7 atom stereocenters. The quantitative estimate of drug-likeness (QED) is 0.542. The summed E-state index contributed by atoms with van der Waals surface area (Å²) >= 11 is 1.56. The molecule has 3 N–H and O–H groups in total. The summed E-state index contributed by atoms with van der Waals surface area (Å²) in [7, 11) is 0. The lowest BCUT2D eigenvalue weighted by atomic mass is 9.79. The van der Waals surface area contributed by atoms with Gasteiger partial charge < -0.3 is 25.3 Å². The van der Waals surface area contributed by atoms with Crippen LogP contribution < -0.4 is 5.32 Å². The van der Waals surface area contributed by atoms with E-state index in [9.17, 15) is 24.2 Å². The fraction of sp³-hybridized carbons (Fsp3) is 0.800. The van der Waals surface area contributed by atoms with E-state index in [2.05, 4.69) is 10.2 Å². The van der Waals surface area contributed by atoms with Crippen LogP contribution in [0.4, 0.5) is 4.39 Å². The smallest absolute Gasteiger partial charge is 0.353 e. The number of likely N-dealkylation sites (tertiary alicyclic amines) is 1. The zero-order valence-corrected chi connectivity index (χ0v) is 17.7. The predicted octanol–water partition coefficient (Wildman–Crippen LogP) is 0.895. The number of halogens is 1. The summed E-state index contributed by atoms with van der Waals surface area (Å²) in [6.07, 6.45) is 0.179. The van der Waals surface area contributed by atoms with E-state index in [-0.39, 0.29) is 34.7 Å². The second-order valence-corrected chi connectivity index (χ2v) is 10.2. The summed E-state index contributed by atoms with van der Waals surface area (Å²) in [5.41, 5.74) is 0.0926. The SMILES string of the molecule is C[C@@H](O)[C@H]1C(=O)N2C(C(=O)O)=C(S[C@@H]3CCN(CC4CCNCC4F)C3)[C@H](C)[C@H]12. The second kappa shape index (κ2) is 8.17. The first-order valence-corrected chi connectivity index (χ1v) is 11.4. The first kappa shape index (κ1) is 21.1. The van der Waals surface area contributed by atoms with Gasteiger partial charge in [0.15, 0.2) is 0 Å². The molecule has 0 aromatic heterocycles. The monoisotopic (exact) mass is 427 g/mol. The van der Waals surface area contributed by atoms with E-state index in [4.69, 9.17) is 0 Å². The Hall–Kier alpha value is -1.16. The maximum absolute atomic E-state index is 14.1. The molecular weight excluding hydrogens is 397 g/mol. The van der Waals surface area contributed by atoms with Crippen molar-refractivity contribution < 1.29 is 24.2 Å². The third kappa shape index (κ3) is 3.71. The number of carbonyl (C=O) groups excluding carboxylic acids is 1. The highest BCUT2D eigenvalue weighted by Gasteiger charge is 2.60. The zero-order chi connectivity index (χ0) is 20.9. The average molecular weight is 428 g/mol. The van der Waals surface area contributed by atoms with E-state index < -0.39 is 24.2 Å². The van der Waals surface area contributed by atoms with Crippen molar-refractivity contribution in [3.63, 3.8) is 0 Å². The van der Waals surface area contributed by atoms with Crippen LogP contribution in [0.1, 0.15) is 26.7 Å². The van der Waals surface area contributed by atoms with Gasteiger partial charge in [-0.05, 0) is 32.9 Å². The first-order chi connectivity index (χ1) is 13.8. The lowest BCUT2D eigenvalue weighted by Crippen LogP contribution is -2.63. The third-order valence-electron chi connectivity index (χ3n) is 6.87. The fourth-order valence-corrected chi connectivity index (χ4v) is 6.85. The van der Waals surface area contributed by atoms with Gasteiger partial charge in [0.25, 0.3) is 0 Å². The highest BCUT2D eigenvalue weighted by Crippen LogP contribution is 2.51. The number of amides is 1. The topological polar surface area (TPSA) is 93.1 Å². The number of β-lactam (4-membered cyclic amide) rings is 1. The largest absolute Gasteiger partial charge is 0.477 e. The molecule has 29 heavy (non-hydrogen) atoms. The van der Waals surface area contributed by atoms with Gasteiger partial charge in [0.1, 0.15) is 11.9 Å². The van der Waals surface area contributed by atoms with Crippen molar-refractivity contribution in [1.29, 1.82) is 0 Å². The number of aliphatic hydroxyl groups is 1. The first-order valence-electron chi connectivity index (χ1n) is 10.5. The Morgan fingerprint density at radius 3 is 2.83 bits per heavy atom. The van der Waals surface area contributed by atoms with Crippen LogP contribution in [0.25, 0.3) is 0 Å². The number of rotatable bonds is 6. The molecule has 0 bridgehead atoms. The average Bonchev–Trinajstić information content (AvgIpc) is 3.19. The van der Waals surface area contributed by atoms with Crippen molar-refractivity contribution in [3.05, 3.63) is 10.6 Å². The molecule has 9 heteroatoms. The molecule has 0 spiro atoms. The van der Waals surface area contributed by atoms with E-state index in [1.54, 1.807) is 18.7 Å². The van der Waals surface area contributed by atoms with Crippen molar-refractivity contribution in [2.75, 3.05) is 32.7 Å². The van der Waals surface area contributed by atoms with Crippen LogP contribution in [-0.4, -0.2) is 88.2 Å². The molecule has 0 aromatic carbocycles. The normalized spacial score (nSPS) is 38.9. The minimum atomic E-state index is -1.08. The molecule has 0 aromatic rings. The Morgan fingerprint density at radius 1 is 1.41 bits per heavy atom. The molecule has 4 heterocycles. The van der Waals surface area contributed by atoms with Crippen LogP contribution in [0, 0.1) is 17.8 Å². The van der Waals surface area contributed by atoms with Gasteiger partial charge in [0.05, 0.1) is 18.1 Å². The second-order valence-electron chi connectivity index (χ2n) is 8.83. The standard InChI is InChI=1S/C20H30FN3O4S/c1-10-16-15(11(2)25)19(26)24(16)17(20(27)28)18(10)29-13-4-6-23(9-13)8-12-3-5-22-7-14(12)21/h10-16,22,25H,3-9H2,1-2H3,(H,27,28)/t10-,11-,12?,13-,14?,15-,16-/m1/s1. The van der Waals surface area contributed by atoms with Crippen LogP contribution >= 0.6 is 11.8 Å². The molecule has 0 radical (unpaired) electrons. The van der Waals surface area contributed by atoms with E-state index in [1.807, 2.05) is 6.92 Å². The molecule has 4 aliphatic rings. The number of hydrogen-bond donors (Lipinski definition) is 3. The van der Waals surface area contributed by atoms with Gasteiger partial charge in [-0.3, -0.25) is 4.79 Å². The number of nitrogens with zero attached hydrogens (tertiary/aromatic N) is 2. The summed E-state index contributed by atoms with van der Waals surface area (Å²) < 4.78 is 14.1. The van der Waals surface area contributed by atoms with E-state index in [1.165, 1.54) is 4.90 Å². The minimum Gasteiger partial charge on any atom is -0.477 e. The number of hydrogen-bond acceptors (Lipinski definition) is 6. The van der Waals surface area contributed by atoms with Crippen LogP contribution in [-0.2, 0) is 9.59 Å². The molecular formula is C20H30FN3O4S. The number of alkyl halides is 1. The van der Waals surface area contributed by atoms with Crippen molar-refractivity contribution in [2.45, 2.75) is 50.3 Å². The van der Waals surface area contributed by atoms with Crippen LogP contribution in [0.15, 0.2) is 10.6 Å². The van der Waals surface area contributed by atoms with Crippen LogP contribution in [0.5, 0.6) is 0 Å². The summed E-state index contributed by atoms with van der Waals surface area (Å²) in [5, 5.41) is 23.0.